The van der Waals surface area contributed by atoms with Gasteiger partial charge in [-0.3, -0.25) is 9.78 Å². The van der Waals surface area contributed by atoms with E-state index >= 15 is 0 Å². The van der Waals surface area contributed by atoms with E-state index in [0.29, 0.717) is 12.5 Å². The second kappa shape index (κ2) is 5.98. The second-order valence-corrected chi connectivity index (χ2v) is 6.44. The molecule has 0 bridgehead atoms. The Kier molecular flexibility index (Phi) is 4.06. The standard InChI is InChI=1S/C17H17BrN2O/c1-11-2-3-12(9-19-11)10-20-17(21)16-8-15(16)13-4-6-14(18)7-5-13/h2-7,9,15-16H,8,10H2,1H3,(H,20,21)/t15-,16+/m1/s1. The van der Waals surface area contributed by atoms with Gasteiger partial charge in [-0.1, -0.05) is 34.1 Å². The lowest BCUT2D eigenvalue weighted by atomic mass is 10.1. The van der Waals surface area contributed by atoms with Gasteiger partial charge in [0.05, 0.1) is 0 Å². The number of nitrogens with zero attached hydrogens (tertiary/aromatic N) is 1. The van der Waals surface area contributed by atoms with Crippen LogP contribution in [0.15, 0.2) is 47.1 Å². The predicted octanol–water partition coefficient (Wildman–Crippen LogP) is 3.57. The third-order valence-electron chi connectivity index (χ3n) is 3.86. The Balaban J connectivity index is 1.53. The van der Waals surface area contributed by atoms with Gasteiger partial charge in [0.1, 0.15) is 0 Å². The molecule has 1 N–H and O–H groups in total. The van der Waals surface area contributed by atoms with Crippen LogP contribution < -0.4 is 5.32 Å². The van der Waals surface area contributed by atoms with Gasteiger partial charge in [-0.25, -0.2) is 0 Å². The Morgan fingerprint density at radius 3 is 2.71 bits per heavy atom. The van der Waals surface area contributed by atoms with E-state index in [1.165, 1.54) is 5.56 Å². The summed E-state index contributed by atoms with van der Waals surface area (Å²) >= 11 is 3.43. The summed E-state index contributed by atoms with van der Waals surface area (Å²) in [7, 11) is 0. The van der Waals surface area contributed by atoms with Crippen LogP contribution in [0, 0.1) is 12.8 Å². The Labute approximate surface area is 132 Å². The largest absolute Gasteiger partial charge is 0.352 e. The van der Waals surface area contributed by atoms with Crippen molar-refractivity contribution in [3.63, 3.8) is 0 Å². The topological polar surface area (TPSA) is 42.0 Å². The van der Waals surface area contributed by atoms with E-state index in [1.54, 1.807) is 0 Å². The van der Waals surface area contributed by atoms with Crippen molar-refractivity contribution in [1.29, 1.82) is 0 Å². The van der Waals surface area contributed by atoms with Crippen LogP contribution in [0.1, 0.15) is 29.2 Å². The number of carbonyl (C=O) groups is 1. The first-order chi connectivity index (χ1) is 10.1. The fourth-order valence-electron chi connectivity index (χ4n) is 2.49. The van der Waals surface area contributed by atoms with Crippen molar-refractivity contribution < 1.29 is 4.79 Å². The van der Waals surface area contributed by atoms with Gasteiger partial charge in [0.2, 0.25) is 5.91 Å². The number of amides is 1. The van der Waals surface area contributed by atoms with Crippen LogP contribution in [0.25, 0.3) is 0 Å². The third-order valence-corrected chi connectivity index (χ3v) is 4.39. The van der Waals surface area contributed by atoms with E-state index in [-0.39, 0.29) is 11.8 Å². The molecule has 1 aromatic carbocycles. The van der Waals surface area contributed by atoms with Crippen molar-refractivity contribution in [1.82, 2.24) is 10.3 Å². The highest BCUT2D eigenvalue weighted by molar-refractivity contribution is 9.10. The summed E-state index contributed by atoms with van der Waals surface area (Å²) in [5.41, 5.74) is 3.27. The summed E-state index contributed by atoms with van der Waals surface area (Å²) in [5, 5.41) is 3.00. The normalized spacial score (nSPS) is 20.1. The zero-order valence-electron chi connectivity index (χ0n) is 11.8. The molecule has 3 nitrogen and oxygen atoms in total. The van der Waals surface area contributed by atoms with Crippen LogP contribution in [0.2, 0.25) is 0 Å². The molecule has 0 spiro atoms. The SMILES string of the molecule is Cc1ccc(CNC(=O)[C@H]2C[C@@H]2c2ccc(Br)cc2)cn1. The Hall–Kier alpha value is -1.68. The molecule has 1 aliphatic carbocycles. The van der Waals surface area contributed by atoms with Crippen LogP contribution >= 0.6 is 15.9 Å². The van der Waals surface area contributed by atoms with Crippen molar-refractivity contribution in [2.45, 2.75) is 25.8 Å². The molecular weight excluding hydrogens is 328 g/mol. The van der Waals surface area contributed by atoms with Crippen LogP contribution in [-0.4, -0.2) is 10.9 Å². The molecule has 108 valence electrons. The number of nitrogens with one attached hydrogen (secondary N) is 1. The number of hydrogen-bond donors (Lipinski definition) is 1. The quantitative estimate of drug-likeness (QED) is 0.921. The maximum atomic E-state index is 12.2. The summed E-state index contributed by atoms with van der Waals surface area (Å²) in [4.78, 5) is 16.4. The number of rotatable bonds is 4. The lowest BCUT2D eigenvalue weighted by molar-refractivity contribution is -0.122. The molecular formula is C17H17BrN2O. The van der Waals surface area contributed by atoms with E-state index in [9.17, 15) is 4.79 Å². The molecule has 0 radical (unpaired) electrons. The number of aromatic nitrogens is 1. The minimum atomic E-state index is 0.115. The molecule has 2 aromatic rings. The zero-order valence-corrected chi connectivity index (χ0v) is 13.4. The Bertz CT molecular complexity index is 637. The molecule has 0 unspecified atom stereocenters. The van der Waals surface area contributed by atoms with Crippen LogP contribution in [0.3, 0.4) is 0 Å². The molecule has 4 heteroatoms. The van der Waals surface area contributed by atoms with E-state index in [2.05, 4.69) is 38.4 Å². The fourth-order valence-corrected chi connectivity index (χ4v) is 2.75. The number of halogens is 1. The molecule has 1 aromatic heterocycles. The highest BCUT2D eigenvalue weighted by atomic mass is 79.9. The summed E-state index contributed by atoms with van der Waals surface area (Å²) in [6.07, 6.45) is 2.76. The lowest BCUT2D eigenvalue weighted by Gasteiger charge is -2.05. The van der Waals surface area contributed by atoms with Gasteiger partial charge >= 0.3 is 0 Å². The molecule has 1 amide bonds. The van der Waals surface area contributed by atoms with E-state index in [4.69, 9.17) is 0 Å². The number of benzene rings is 1. The second-order valence-electron chi connectivity index (χ2n) is 5.53. The molecule has 21 heavy (non-hydrogen) atoms. The smallest absolute Gasteiger partial charge is 0.224 e. The minimum Gasteiger partial charge on any atom is -0.352 e. The van der Waals surface area contributed by atoms with Gasteiger partial charge in [-0.05, 0) is 48.6 Å². The first kappa shape index (κ1) is 14.3. The molecule has 0 saturated heterocycles. The van der Waals surface area contributed by atoms with Crippen LogP contribution in [0.4, 0.5) is 0 Å². The maximum Gasteiger partial charge on any atom is 0.224 e. The molecule has 1 aliphatic rings. The number of carbonyl (C=O) groups excluding carboxylic acids is 1. The molecule has 0 aliphatic heterocycles. The zero-order chi connectivity index (χ0) is 14.8. The van der Waals surface area contributed by atoms with Gasteiger partial charge in [-0.15, -0.1) is 0 Å². The highest BCUT2D eigenvalue weighted by Gasteiger charge is 2.43. The number of hydrogen-bond acceptors (Lipinski definition) is 2. The molecule has 1 heterocycles. The molecule has 3 rings (SSSR count). The van der Waals surface area contributed by atoms with Crippen molar-refractivity contribution in [3.8, 4) is 0 Å². The monoisotopic (exact) mass is 344 g/mol. The summed E-state index contributed by atoms with van der Waals surface area (Å²) in [5.74, 6) is 0.627. The van der Waals surface area contributed by atoms with Crippen molar-refractivity contribution in [2.24, 2.45) is 5.92 Å². The minimum absolute atomic E-state index is 0.115. The third kappa shape index (κ3) is 3.50. The van der Waals surface area contributed by atoms with Crippen molar-refractivity contribution in [3.05, 3.63) is 63.9 Å². The maximum absolute atomic E-state index is 12.2. The average Bonchev–Trinajstić information content (AvgIpc) is 3.28. The van der Waals surface area contributed by atoms with E-state index in [1.807, 2.05) is 37.4 Å². The summed E-state index contributed by atoms with van der Waals surface area (Å²) in [6, 6.07) is 12.2. The van der Waals surface area contributed by atoms with Crippen LogP contribution in [-0.2, 0) is 11.3 Å². The number of pyridine rings is 1. The highest BCUT2D eigenvalue weighted by Crippen LogP contribution is 2.47. The van der Waals surface area contributed by atoms with Crippen LogP contribution in [0.5, 0.6) is 0 Å². The lowest BCUT2D eigenvalue weighted by Crippen LogP contribution is -2.24. The Morgan fingerprint density at radius 1 is 1.29 bits per heavy atom. The van der Waals surface area contributed by atoms with Crippen molar-refractivity contribution in [2.75, 3.05) is 0 Å². The van der Waals surface area contributed by atoms with E-state index in [0.717, 1.165) is 22.2 Å². The van der Waals surface area contributed by atoms with Gasteiger partial charge in [0, 0.05) is 28.8 Å². The van der Waals surface area contributed by atoms with Gasteiger partial charge in [-0.2, -0.15) is 0 Å². The van der Waals surface area contributed by atoms with Crippen molar-refractivity contribution >= 4 is 21.8 Å². The van der Waals surface area contributed by atoms with Gasteiger partial charge in [0.15, 0.2) is 0 Å². The van der Waals surface area contributed by atoms with E-state index < -0.39 is 0 Å². The average molecular weight is 345 g/mol. The van der Waals surface area contributed by atoms with Gasteiger partial charge in [0.25, 0.3) is 0 Å². The Morgan fingerprint density at radius 2 is 2.05 bits per heavy atom. The molecule has 1 saturated carbocycles. The summed E-state index contributed by atoms with van der Waals surface area (Å²) in [6.45, 7) is 2.51. The van der Waals surface area contributed by atoms with Gasteiger partial charge < -0.3 is 5.32 Å². The predicted molar refractivity (Wildman–Crippen MR) is 85.8 cm³/mol. The first-order valence-electron chi connectivity index (χ1n) is 7.08. The number of aryl methyl sites for hydroxylation is 1. The molecule has 1 fully saturated rings. The first-order valence-corrected chi connectivity index (χ1v) is 7.87. The summed E-state index contributed by atoms with van der Waals surface area (Å²) < 4.78 is 1.07. The fraction of sp³-hybridized carbons (Fsp3) is 0.294. The molecule has 2 atom stereocenters.